The summed E-state index contributed by atoms with van der Waals surface area (Å²) < 4.78 is 21.1. The molecule has 0 atom stereocenters. The van der Waals surface area contributed by atoms with Crippen molar-refractivity contribution in [2.24, 2.45) is 0 Å². The molecule has 2 aromatic rings. The highest BCUT2D eigenvalue weighted by Gasteiger charge is 2.16. The third-order valence-corrected chi connectivity index (χ3v) is 3.02. The molecule has 0 aromatic heterocycles. The van der Waals surface area contributed by atoms with Crippen LogP contribution in [0.15, 0.2) is 36.4 Å². The molecule has 2 aromatic carbocycles. The number of nitrogens with two attached hydrogens (primary N) is 2. The molecule has 0 amide bonds. The lowest BCUT2D eigenvalue weighted by Crippen LogP contribution is -2.06. The van der Waals surface area contributed by atoms with Crippen molar-refractivity contribution in [2.45, 2.75) is 0 Å². The third kappa shape index (κ3) is 3.41. The monoisotopic (exact) mass is 304 g/mol. The SMILES string of the molecule is COCOc1c(N)cccc1-c1cccc(N)c1OCOC. The van der Waals surface area contributed by atoms with E-state index >= 15 is 0 Å². The number of para-hydroxylation sites is 2. The number of anilines is 2. The molecule has 0 unspecified atom stereocenters. The molecule has 0 radical (unpaired) electrons. The molecule has 0 bridgehead atoms. The lowest BCUT2D eigenvalue weighted by molar-refractivity contribution is 0.0506. The van der Waals surface area contributed by atoms with Gasteiger partial charge in [0.1, 0.15) is 0 Å². The summed E-state index contributed by atoms with van der Waals surface area (Å²) in [5.41, 5.74) is 14.6. The summed E-state index contributed by atoms with van der Waals surface area (Å²) in [6, 6.07) is 11.0. The predicted octanol–water partition coefficient (Wildman–Crippen LogP) is 2.48. The first kappa shape index (κ1) is 15.9. The quantitative estimate of drug-likeness (QED) is 0.603. The fraction of sp³-hybridized carbons (Fsp3) is 0.250. The van der Waals surface area contributed by atoms with Crippen LogP contribution in [0.4, 0.5) is 11.4 Å². The van der Waals surface area contributed by atoms with Crippen molar-refractivity contribution in [3.05, 3.63) is 36.4 Å². The van der Waals surface area contributed by atoms with Gasteiger partial charge in [-0.15, -0.1) is 0 Å². The van der Waals surface area contributed by atoms with Gasteiger partial charge in [-0.1, -0.05) is 24.3 Å². The van der Waals surface area contributed by atoms with Gasteiger partial charge in [-0.3, -0.25) is 0 Å². The Labute approximate surface area is 129 Å². The average Bonchev–Trinajstić information content (AvgIpc) is 2.52. The molecule has 2 rings (SSSR count). The molecule has 6 nitrogen and oxygen atoms in total. The van der Waals surface area contributed by atoms with Crippen molar-refractivity contribution in [1.29, 1.82) is 0 Å². The van der Waals surface area contributed by atoms with Crippen molar-refractivity contribution >= 4 is 11.4 Å². The summed E-state index contributed by atoms with van der Waals surface area (Å²) in [6.45, 7) is 0.190. The van der Waals surface area contributed by atoms with Crippen LogP contribution in [0.25, 0.3) is 11.1 Å². The van der Waals surface area contributed by atoms with Crippen LogP contribution in [0.5, 0.6) is 11.5 Å². The number of ether oxygens (including phenoxy) is 4. The van der Waals surface area contributed by atoms with Crippen LogP contribution in [0.1, 0.15) is 0 Å². The summed E-state index contributed by atoms with van der Waals surface area (Å²) in [7, 11) is 3.10. The Balaban J connectivity index is 2.51. The molecular formula is C16H20N2O4. The van der Waals surface area contributed by atoms with E-state index in [0.29, 0.717) is 22.9 Å². The second kappa shape index (κ2) is 7.53. The van der Waals surface area contributed by atoms with E-state index in [-0.39, 0.29) is 13.6 Å². The maximum Gasteiger partial charge on any atom is 0.188 e. The van der Waals surface area contributed by atoms with Crippen LogP contribution in [0.3, 0.4) is 0 Å². The molecule has 4 N–H and O–H groups in total. The molecule has 0 aliphatic heterocycles. The Morgan fingerprint density at radius 2 is 1.14 bits per heavy atom. The van der Waals surface area contributed by atoms with Crippen LogP contribution in [-0.4, -0.2) is 27.8 Å². The molecule has 0 saturated heterocycles. The smallest absolute Gasteiger partial charge is 0.188 e. The lowest BCUT2D eigenvalue weighted by Gasteiger charge is -2.17. The standard InChI is InChI=1S/C16H20N2O4/c1-19-9-21-15-11(5-3-7-13(15)17)12-6-4-8-14(18)16(12)22-10-20-2/h3-8H,9-10,17-18H2,1-2H3. The van der Waals surface area contributed by atoms with Crippen molar-refractivity contribution in [3.8, 4) is 22.6 Å². The second-order valence-corrected chi connectivity index (χ2v) is 4.55. The minimum atomic E-state index is 0.0950. The van der Waals surface area contributed by atoms with Gasteiger partial charge >= 0.3 is 0 Å². The zero-order valence-corrected chi connectivity index (χ0v) is 12.7. The van der Waals surface area contributed by atoms with Gasteiger partial charge in [-0.05, 0) is 12.1 Å². The number of hydrogen-bond donors (Lipinski definition) is 2. The highest BCUT2D eigenvalue weighted by Crippen LogP contribution is 2.42. The molecule has 0 saturated carbocycles. The fourth-order valence-electron chi connectivity index (χ4n) is 2.09. The van der Waals surface area contributed by atoms with E-state index < -0.39 is 0 Å². The van der Waals surface area contributed by atoms with E-state index in [1.807, 2.05) is 24.3 Å². The Morgan fingerprint density at radius 1 is 0.727 bits per heavy atom. The van der Waals surface area contributed by atoms with E-state index in [1.165, 1.54) is 0 Å². The molecule has 0 spiro atoms. The zero-order chi connectivity index (χ0) is 15.9. The largest absolute Gasteiger partial charge is 0.465 e. The normalized spacial score (nSPS) is 10.5. The second-order valence-electron chi connectivity index (χ2n) is 4.55. The first-order chi connectivity index (χ1) is 10.7. The topological polar surface area (TPSA) is 89.0 Å². The van der Waals surface area contributed by atoms with E-state index in [1.54, 1.807) is 26.4 Å². The van der Waals surface area contributed by atoms with Gasteiger partial charge < -0.3 is 30.4 Å². The minimum absolute atomic E-state index is 0.0950. The van der Waals surface area contributed by atoms with Crippen LogP contribution in [0, 0.1) is 0 Å². The van der Waals surface area contributed by atoms with Crippen molar-refractivity contribution in [3.63, 3.8) is 0 Å². The van der Waals surface area contributed by atoms with Gasteiger partial charge in [0.05, 0.1) is 11.4 Å². The van der Waals surface area contributed by atoms with Gasteiger partial charge in [0.15, 0.2) is 25.1 Å². The molecule has 0 aliphatic rings. The van der Waals surface area contributed by atoms with Crippen LogP contribution in [0.2, 0.25) is 0 Å². The molecule has 0 aliphatic carbocycles. The van der Waals surface area contributed by atoms with Gasteiger partial charge in [0.25, 0.3) is 0 Å². The highest BCUT2D eigenvalue weighted by atomic mass is 16.7. The summed E-state index contributed by atoms with van der Waals surface area (Å²) in [6.07, 6.45) is 0. The Hall–Kier alpha value is -2.44. The molecule has 22 heavy (non-hydrogen) atoms. The number of rotatable bonds is 7. The van der Waals surface area contributed by atoms with Crippen LogP contribution < -0.4 is 20.9 Å². The number of benzene rings is 2. The number of methoxy groups -OCH3 is 2. The first-order valence-corrected chi connectivity index (χ1v) is 6.69. The van der Waals surface area contributed by atoms with Gasteiger partial charge in [-0.2, -0.15) is 0 Å². The van der Waals surface area contributed by atoms with E-state index in [2.05, 4.69) is 0 Å². The molecule has 0 heterocycles. The number of hydrogen-bond acceptors (Lipinski definition) is 6. The molecule has 6 heteroatoms. The van der Waals surface area contributed by atoms with E-state index in [4.69, 9.17) is 30.4 Å². The molecular weight excluding hydrogens is 284 g/mol. The first-order valence-electron chi connectivity index (χ1n) is 6.69. The lowest BCUT2D eigenvalue weighted by atomic mass is 10.0. The Kier molecular flexibility index (Phi) is 5.46. The number of nitrogen functional groups attached to an aromatic ring is 2. The summed E-state index contributed by atoms with van der Waals surface area (Å²) in [5, 5.41) is 0. The summed E-state index contributed by atoms with van der Waals surface area (Å²) in [4.78, 5) is 0. The van der Waals surface area contributed by atoms with E-state index in [9.17, 15) is 0 Å². The molecule has 118 valence electrons. The predicted molar refractivity (Wildman–Crippen MR) is 85.7 cm³/mol. The third-order valence-electron chi connectivity index (χ3n) is 3.02. The van der Waals surface area contributed by atoms with Gasteiger partial charge in [-0.25, -0.2) is 0 Å². The zero-order valence-electron chi connectivity index (χ0n) is 12.7. The maximum absolute atomic E-state index is 6.01. The van der Waals surface area contributed by atoms with Crippen LogP contribution >= 0.6 is 0 Å². The Morgan fingerprint density at radius 3 is 1.50 bits per heavy atom. The van der Waals surface area contributed by atoms with E-state index in [0.717, 1.165) is 11.1 Å². The van der Waals surface area contributed by atoms with Crippen molar-refractivity contribution < 1.29 is 18.9 Å². The minimum Gasteiger partial charge on any atom is -0.465 e. The Bertz CT molecular complexity index is 576. The maximum atomic E-state index is 6.01. The highest BCUT2D eigenvalue weighted by molar-refractivity contribution is 5.84. The van der Waals surface area contributed by atoms with Gasteiger partial charge in [0.2, 0.25) is 0 Å². The van der Waals surface area contributed by atoms with Crippen molar-refractivity contribution in [2.75, 3.05) is 39.3 Å². The van der Waals surface area contributed by atoms with Crippen LogP contribution in [-0.2, 0) is 9.47 Å². The molecule has 0 fully saturated rings. The summed E-state index contributed by atoms with van der Waals surface area (Å²) in [5.74, 6) is 1.05. The van der Waals surface area contributed by atoms with Crippen molar-refractivity contribution in [1.82, 2.24) is 0 Å². The fourth-order valence-corrected chi connectivity index (χ4v) is 2.09. The summed E-state index contributed by atoms with van der Waals surface area (Å²) >= 11 is 0. The average molecular weight is 304 g/mol. The van der Waals surface area contributed by atoms with Gasteiger partial charge in [0, 0.05) is 25.3 Å².